The Bertz CT molecular complexity index is 1350. The molecule has 1 aliphatic heterocycles. The molecule has 4 rings (SSSR count). The highest BCUT2D eigenvalue weighted by molar-refractivity contribution is 8.01. The van der Waals surface area contributed by atoms with Crippen LogP contribution in [0.4, 0.5) is 10.8 Å². The molecule has 2 amide bonds. The summed E-state index contributed by atoms with van der Waals surface area (Å²) >= 11 is 2.75. The van der Waals surface area contributed by atoms with Gasteiger partial charge in [-0.05, 0) is 42.5 Å². The molecular formula is C27H30N4O6S2. The van der Waals surface area contributed by atoms with Crippen molar-refractivity contribution in [2.24, 2.45) is 0 Å². The average molecular weight is 571 g/mol. The number of likely N-dealkylation sites (tertiary alicyclic amines) is 1. The van der Waals surface area contributed by atoms with E-state index in [2.05, 4.69) is 10.3 Å². The minimum absolute atomic E-state index is 0.205. The number of thiazole rings is 1. The third-order valence-corrected chi connectivity index (χ3v) is 8.61. The maximum absolute atomic E-state index is 13.4. The molecule has 0 atom stereocenters. The SMILES string of the molecule is COc1ccc(Sc2cnc(NC(=O)c3ccc(N(C)C)cc3)s2)cc1C(=O)N1CCC(OC)(C(=O)O)CC1. The Morgan fingerprint density at radius 3 is 2.38 bits per heavy atom. The van der Waals surface area contributed by atoms with Crippen molar-refractivity contribution >= 4 is 51.7 Å². The molecule has 10 nitrogen and oxygen atoms in total. The minimum Gasteiger partial charge on any atom is -0.496 e. The lowest BCUT2D eigenvalue weighted by Crippen LogP contribution is -2.52. The summed E-state index contributed by atoms with van der Waals surface area (Å²) in [4.78, 5) is 46.4. The van der Waals surface area contributed by atoms with Gasteiger partial charge in [-0.25, -0.2) is 9.78 Å². The number of nitrogens with one attached hydrogen (secondary N) is 1. The lowest BCUT2D eigenvalue weighted by atomic mass is 9.91. The van der Waals surface area contributed by atoms with Crippen molar-refractivity contribution in [2.75, 3.05) is 51.6 Å². The molecule has 0 aliphatic carbocycles. The van der Waals surface area contributed by atoms with Crippen LogP contribution in [0.15, 0.2) is 57.8 Å². The Morgan fingerprint density at radius 2 is 1.79 bits per heavy atom. The zero-order valence-electron chi connectivity index (χ0n) is 22.1. The van der Waals surface area contributed by atoms with Gasteiger partial charge in [-0.15, -0.1) is 0 Å². The van der Waals surface area contributed by atoms with E-state index in [4.69, 9.17) is 9.47 Å². The fourth-order valence-corrected chi connectivity index (χ4v) is 6.11. The summed E-state index contributed by atoms with van der Waals surface area (Å²) in [5.74, 6) is -1.06. The summed E-state index contributed by atoms with van der Waals surface area (Å²) in [5.41, 5.74) is 0.655. The number of carbonyl (C=O) groups excluding carboxylic acids is 2. The summed E-state index contributed by atoms with van der Waals surface area (Å²) in [6, 6.07) is 12.6. The maximum atomic E-state index is 13.4. The van der Waals surface area contributed by atoms with E-state index < -0.39 is 11.6 Å². The van der Waals surface area contributed by atoms with Crippen molar-refractivity contribution in [3.8, 4) is 5.75 Å². The molecule has 2 heterocycles. The second-order valence-electron chi connectivity index (χ2n) is 9.14. The number of aromatic nitrogens is 1. The Kier molecular flexibility index (Phi) is 8.78. The number of carboxylic acid groups (broad SMARTS) is 1. The number of nitrogens with zero attached hydrogens (tertiary/aromatic N) is 3. The van der Waals surface area contributed by atoms with Crippen molar-refractivity contribution in [1.82, 2.24) is 9.88 Å². The first-order valence-electron chi connectivity index (χ1n) is 12.1. The Balaban J connectivity index is 1.43. The highest BCUT2D eigenvalue weighted by Gasteiger charge is 2.43. The van der Waals surface area contributed by atoms with Gasteiger partial charge >= 0.3 is 5.97 Å². The highest BCUT2D eigenvalue weighted by Crippen LogP contribution is 2.37. The van der Waals surface area contributed by atoms with E-state index in [1.165, 1.54) is 37.3 Å². The molecule has 12 heteroatoms. The Labute approximate surface area is 234 Å². The topological polar surface area (TPSA) is 121 Å². The van der Waals surface area contributed by atoms with Crippen LogP contribution in [0.25, 0.3) is 0 Å². The van der Waals surface area contributed by atoms with Gasteiger partial charge in [0, 0.05) is 63.3 Å². The van der Waals surface area contributed by atoms with Crippen molar-refractivity contribution in [3.05, 3.63) is 59.8 Å². The van der Waals surface area contributed by atoms with Gasteiger partial charge < -0.3 is 24.4 Å². The first-order chi connectivity index (χ1) is 18.7. The van der Waals surface area contributed by atoms with Crippen LogP contribution < -0.4 is 15.0 Å². The van der Waals surface area contributed by atoms with E-state index in [-0.39, 0.29) is 37.7 Å². The second-order valence-corrected chi connectivity index (χ2v) is 11.5. The van der Waals surface area contributed by atoms with Gasteiger partial charge in [-0.1, -0.05) is 23.1 Å². The first kappa shape index (κ1) is 28.4. The predicted octanol–water partition coefficient (Wildman–Crippen LogP) is 4.33. The van der Waals surface area contributed by atoms with Gasteiger partial charge in [0.25, 0.3) is 11.8 Å². The number of rotatable bonds is 9. The molecule has 0 radical (unpaired) electrons. The van der Waals surface area contributed by atoms with E-state index >= 15 is 0 Å². The minimum atomic E-state index is -1.27. The molecular weight excluding hydrogens is 540 g/mol. The van der Waals surface area contributed by atoms with Gasteiger partial charge in [0.05, 0.1) is 23.1 Å². The number of hydrogen-bond acceptors (Lipinski definition) is 9. The third-order valence-electron chi connectivity index (χ3n) is 6.61. The normalized spacial score (nSPS) is 14.5. The number of piperidine rings is 1. The molecule has 2 aromatic carbocycles. The largest absolute Gasteiger partial charge is 0.496 e. The molecule has 1 saturated heterocycles. The lowest BCUT2D eigenvalue weighted by molar-refractivity contribution is -0.167. The van der Waals surface area contributed by atoms with Crippen LogP contribution in [-0.2, 0) is 9.53 Å². The molecule has 1 aliphatic rings. The smallest absolute Gasteiger partial charge is 0.336 e. The fraction of sp³-hybridized carbons (Fsp3) is 0.333. The van der Waals surface area contributed by atoms with E-state index in [9.17, 15) is 19.5 Å². The summed E-state index contributed by atoms with van der Waals surface area (Å²) in [6.45, 7) is 0.518. The number of carbonyl (C=O) groups is 3. The van der Waals surface area contributed by atoms with Gasteiger partial charge in [-0.2, -0.15) is 0 Å². The second kappa shape index (κ2) is 12.1. The van der Waals surface area contributed by atoms with Gasteiger partial charge in [0.15, 0.2) is 10.7 Å². The number of ether oxygens (including phenoxy) is 2. The highest BCUT2D eigenvalue weighted by atomic mass is 32.2. The number of carboxylic acids is 1. The maximum Gasteiger partial charge on any atom is 0.336 e. The Morgan fingerprint density at radius 1 is 1.10 bits per heavy atom. The monoisotopic (exact) mass is 570 g/mol. The summed E-state index contributed by atoms with van der Waals surface area (Å²) in [7, 11) is 6.76. The van der Waals surface area contributed by atoms with Crippen molar-refractivity contribution in [1.29, 1.82) is 0 Å². The quantitative estimate of drug-likeness (QED) is 0.387. The van der Waals surface area contributed by atoms with E-state index in [1.54, 1.807) is 35.4 Å². The summed E-state index contributed by atoms with van der Waals surface area (Å²) < 4.78 is 11.5. The molecule has 39 heavy (non-hydrogen) atoms. The fourth-order valence-electron chi connectivity index (χ4n) is 4.23. The predicted molar refractivity (Wildman–Crippen MR) is 150 cm³/mol. The summed E-state index contributed by atoms with van der Waals surface area (Å²) in [6.07, 6.45) is 2.08. The molecule has 1 aromatic heterocycles. The molecule has 2 N–H and O–H groups in total. The van der Waals surface area contributed by atoms with Crippen LogP contribution in [0.3, 0.4) is 0 Å². The zero-order valence-corrected chi connectivity index (χ0v) is 23.7. The molecule has 0 saturated carbocycles. The number of anilines is 2. The van der Waals surface area contributed by atoms with E-state index in [0.29, 0.717) is 22.0 Å². The van der Waals surface area contributed by atoms with Gasteiger partial charge in [0.2, 0.25) is 0 Å². The molecule has 206 valence electrons. The number of aliphatic carboxylic acids is 1. The van der Waals surface area contributed by atoms with Crippen LogP contribution in [-0.4, -0.2) is 79.8 Å². The molecule has 1 fully saturated rings. The zero-order chi connectivity index (χ0) is 28.2. The van der Waals surface area contributed by atoms with Gasteiger partial charge in [-0.3, -0.25) is 14.9 Å². The van der Waals surface area contributed by atoms with Crippen molar-refractivity contribution in [2.45, 2.75) is 27.5 Å². The van der Waals surface area contributed by atoms with Crippen molar-refractivity contribution < 1.29 is 29.0 Å². The van der Waals surface area contributed by atoms with Gasteiger partial charge in [0.1, 0.15) is 5.75 Å². The molecule has 3 aromatic rings. The standard InChI is InChI=1S/C27H30N4O6S2/c1-30(2)18-7-5-17(6-8-18)23(32)29-26-28-16-22(39-26)38-19-9-10-21(36-3)20(15-19)24(33)31-13-11-27(37-4,12-14-31)25(34)35/h5-10,15-16H,11-14H2,1-4H3,(H,34,35)(H,28,29,32). The molecule has 0 bridgehead atoms. The van der Waals surface area contributed by atoms with E-state index in [1.807, 2.05) is 37.2 Å². The van der Waals surface area contributed by atoms with Crippen LogP contribution >= 0.6 is 23.1 Å². The molecule has 0 spiro atoms. The lowest BCUT2D eigenvalue weighted by Gasteiger charge is -2.37. The summed E-state index contributed by atoms with van der Waals surface area (Å²) in [5, 5.41) is 12.8. The number of benzene rings is 2. The average Bonchev–Trinajstić information content (AvgIpc) is 3.38. The van der Waals surface area contributed by atoms with Crippen LogP contribution in [0, 0.1) is 0 Å². The number of hydrogen-bond donors (Lipinski definition) is 2. The van der Waals surface area contributed by atoms with Crippen molar-refractivity contribution in [3.63, 3.8) is 0 Å². The van der Waals surface area contributed by atoms with Crippen LogP contribution in [0.2, 0.25) is 0 Å². The first-order valence-corrected chi connectivity index (χ1v) is 13.8. The molecule has 0 unspecified atom stereocenters. The van der Waals surface area contributed by atoms with E-state index in [0.717, 1.165) is 14.8 Å². The van der Waals surface area contributed by atoms with Crippen LogP contribution in [0.5, 0.6) is 5.75 Å². The number of amides is 2. The Hall–Kier alpha value is -3.61. The number of methoxy groups -OCH3 is 2. The third kappa shape index (κ3) is 6.35. The van der Waals surface area contributed by atoms with Crippen LogP contribution in [0.1, 0.15) is 33.6 Å².